The highest BCUT2D eigenvalue weighted by Crippen LogP contribution is 2.32. The van der Waals surface area contributed by atoms with Crippen molar-refractivity contribution in [3.05, 3.63) is 64.2 Å². The predicted molar refractivity (Wildman–Crippen MR) is 64.1 cm³/mol. The van der Waals surface area contributed by atoms with Gasteiger partial charge in [0.05, 0.1) is 5.56 Å². The maximum Gasteiger partial charge on any atom is 0.419 e. The molecule has 0 aliphatic heterocycles. The molecular formula is C13H6ClF4NO. The van der Waals surface area contributed by atoms with Gasteiger partial charge in [-0.15, -0.1) is 0 Å². The molecule has 2 aromatic rings. The highest BCUT2D eigenvalue weighted by Gasteiger charge is 2.34. The summed E-state index contributed by atoms with van der Waals surface area (Å²) in [5, 5.41) is 0.0361. The van der Waals surface area contributed by atoms with Crippen LogP contribution in [0.4, 0.5) is 17.6 Å². The molecule has 0 radical (unpaired) electrons. The van der Waals surface area contributed by atoms with Gasteiger partial charge in [0, 0.05) is 17.3 Å². The first-order chi connectivity index (χ1) is 9.29. The fourth-order valence-corrected chi connectivity index (χ4v) is 1.77. The molecule has 0 fully saturated rings. The van der Waals surface area contributed by atoms with E-state index in [0.717, 1.165) is 6.07 Å². The molecule has 0 N–H and O–H groups in total. The highest BCUT2D eigenvalue weighted by molar-refractivity contribution is 6.30. The number of aromatic nitrogens is 1. The minimum absolute atomic E-state index is 0.0361. The second-order valence-electron chi connectivity index (χ2n) is 3.89. The van der Waals surface area contributed by atoms with Crippen LogP contribution in [0.15, 0.2) is 36.5 Å². The fraction of sp³-hybridized carbons (Fsp3) is 0.0769. The number of nitrogens with zero attached hydrogens (tertiary/aromatic N) is 1. The van der Waals surface area contributed by atoms with Gasteiger partial charge in [-0.2, -0.15) is 13.2 Å². The van der Waals surface area contributed by atoms with Crippen LogP contribution in [0, 0.1) is 5.82 Å². The molecule has 0 aliphatic carbocycles. The van der Waals surface area contributed by atoms with Crippen LogP contribution in [-0.2, 0) is 6.18 Å². The minimum Gasteiger partial charge on any atom is -0.289 e. The number of carbonyl (C=O) groups is 1. The van der Waals surface area contributed by atoms with Gasteiger partial charge in [-0.1, -0.05) is 11.6 Å². The summed E-state index contributed by atoms with van der Waals surface area (Å²) < 4.78 is 50.9. The first-order valence-electron chi connectivity index (χ1n) is 5.32. The minimum atomic E-state index is -4.86. The number of ketones is 1. The van der Waals surface area contributed by atoms with Crippen molar-refractivity contribution < 1.29 is 22.4 Å². The standard InChI is InChI=1S/C13H6ClF4NO/c14-11-6-8(3-4-19-11)12(20)7-1-2-10(15)9(5-7)13(16,17)18/h1-6H. The molecule has 1 heterocycles. The Bertz CT molecular complexity index is 670. The Morgan fingerprint density at radius 1 is 1.10 bits per heavy atom. The first-order valence-corrected chi connectivity index (χ1v) is 5.70. The quantitative estimate of drug-likeness (QED) is 0.474. The molecule has 1 aromatic heterocycles. The van der Waals surface area contributed by atoms with Crippen molar-refractivity contribution in [1.29, 1.82) is 0 Å². The number of pyridine rings is 1. The van der Waals surface area contributed by atoms with E-state index >= 15 is 0 Å². The first kappa shape index (κ1) is 14.5. The van der Waals surface area contributed by atoms with Gasteiger partial charge in [0.25, 0.3) is 0 Å². The second-order valence-corrected chi connectivity index (χ2v) is 4.28. The van der Waals surface area contributed by atoms with Gasteiger partial charge in [-0.3, -0.25) is 4.79 Å². The van der Waals surface area contributed by atoms with Crippen molar-refractivity contribution in [2.45, 2.75) is 6.18 Å². The monoisotopic (exact) mass is 303 g/mol. The molecule has 20 heavy (non-hydrogen) atoms. The van der Waals surface area contributed by atoms with Crippen molar-refractivity contribution >= 4 is 17.4 Å². The lowest BCUT2D eigenvalue weighted by Gasteiger charge is -2.09. The molecule has 2 nitrogen and oxygen atoms in total. The van der Waals surface area contributed by atoms with Gasteiger partial charge >= 0.3 is 6.18 Å². The van der Waals surface area contributed by atoms with Gasteiger partial charge in [-0.05, 0) is 30.3 Å². The smallest absolute Gasteiger partial charge is 0.289 e. The summed E-state index contributed by atoms with van der Waals surface area (Å²) >= 11 is 5.60. The zero-order valence-electron chi connectivity index (χ0n) is 9.71. The van der Waals surface area contributed by atoms with E-state index in [-0.39, 0.29) is 16.3 Å². The Kier molecular flexibility index (Phi) is 3.76. The Hall–Kier alpha value is -1.95. The molecule has 0 saturated heterocycles. The molecule has 0 unspecified atom stereocenters. The van der Waals surface area contributed by atoms with Crippen molar-refractivity contribution in [2.75, 3.05) is 0 Å². The van der Waals surface area contributed by atoms with Crippen LogP contribution in [0.1, 0.15) is 21.5 Å². The topological polar surface area (TPSA) is 30.0 Å². The van der Waals surface area contributed by atoms with Crippen LogP contribution in [-0.4, -0.2) is 10.8 Å². The molecular weight excluding hydrogens is 298 g/mol. The predicted octanol–water partition coefficient (Wildman–Crippen LogP) is 4.12. The summed E-state index contributed by atoms with van der Waals surface area (Å²) in [6.45, 7) is 0. The molecule has 0 atom stereocenters. The van der Waals surface area contributed by atoms with E-state index in [1.54, 1.807) is 0 Å². The van der Waals surface area contributed by atoms with Crippen molar-refractivity contribution in [1.82, 2.24) is 4.98 Å². The van der Waals surface area contributed by atoms with Gasteiger partial charge in [0.15, 0.2) is 5.78 Å². The normalized spacial score (nSPS) is 11.4. The highest BCUT2D eigenvalue weighted by atomic mass is 35.5. The molecule has 2 rings (SSSR count). The number of rotatable bonds is 2. The van der Waals surface area contributed by atoms with E-state index in [0.29, 0.717) is 12.1 Å². The van der Waals surface area contributed by atoms with E-state index in [1.165, 1.54) is 18.3 Å². The maximum absolute atomic E-state index is 13.1. The van der Waals surface area contributed by atoms with Crippen molar-refractivity contribution in [3.63, 3.8) is 0 Å². The average Bonchev–Trinajstić information content (AvgIpc) is 2.37. The summed E-state index contributed by atoms with van der Waals surface area (Å²) in [4.78, 5) is 15.7. The van der Waals surface area contributed by atoms with Gasteiger partial charge in [-0.25, -0.2) is 9.37 Å². The van der Waals surface area contributed by atoms with E-state index < -0.39 is 23.3 Å². The van der Waals surface area contributed by atoms with Crippen LogP contribution in [0.5, 0.6) is 0 Å². The van der Waals surface area contributed by atoms with Gasteiger partial charge in [0.2, 0.25) is 0 Å². The molecule has 7 heteroatoms. The average molecular weight is 304 g/mol. The number of hydrogen-bond acceptors (Lipinski definition) is 2. The van der Waals surface area contributed by atoms with E-state index in [1.807, 2.05) is 0 Å². The molecule has 0 saturated carbocycles. The van der Waals surface area contributed by atoms with Crippen molar-refractivity contribution in [3.8, 4) is 0 Å². The Morgan fingerprint density at radius 2 is 1.75 bits per heavy atom. The number of alkyl halides is 3. The van der Waals surface area contributed by atoms with Crippen LogP contribution in [0.25, 0.3) is 0 Å². The Balaban J connectivity index is 2.46. The lowest BCUT2D eigenvalue weighted by molar-refractivity contribution is -0.140. The molecule has 0 bridgehead atoms. The summed E-state index contributed by atoms with van der Waals surface area (Å²) in [6, 6.07) is 4.61. The van der Waals surface area contributed by atoms with E-state index in [9.17, 15) is 22.4 Å². The number of benzene rings is 1. The molecule has 0 spiro atoms. The number of carbonyl (C=O) groups excluding carboxylic acids is 1. The number of halogens is 5. The Morgan fingerprint density at radius 3 is 2.35 bits per heavy atom. The van der Waals surface area contributed by atoms with Crippen LogP contribution in [0.3, 0.4) is 0 Å². The van der Waals surface area contributed by atoms with Crippen LogP contribution < -0.4 is 0 Å². The zero-order chi connectivity index (χ0) is 14.9. The maximum atomic E-state index is 13.1. The third-order valence-corrected chi connectivity index (χ3v) is 2.73. The molecule has 1 aromatic carbocycles. The SMILES string of the molecule is O=C(c1ccnc(Cl)c1)c1ccc(F)c(C(F)(F)F)c1. The third-order valence-electron chi connectivity index (χ3n) is 2.52. The third kappa shape index (κ3) is 2.96. The van der Waals surface area contributed by atoms with Gasteiger partial charge in [0.1, 0.15) is 11.0 Å². The Labute approximate surface area is 116 Å². The zero-order valence-corrected chi connectivity index (χ0v) is 10.5. The summed E-state index contributed by atoms with van der Waals surface area (Å²) in [5.41, 5.74) is -1.69. The number of hydrogen-bond donors (Lipinski definition) is 0. The van der Waals surface area contributed by atoms with E-state index in [2.05, 4.69) is 4.98 Å². The molecule has 0 aliphatic rings. The second kappa shape index (κ2) is 5.20. The van der Waals surface area contributed by atoms with E-state index in [4.69, 9.17) is 11.6 Å². The van der Waals surface area contributed by atoms with Crippen molar-refractivity contribution in [2.24, 2.45) is 0 Å². The van der Waals surface area contributed by atoms with Gasteiger partial charge < -0.3 is 0 Å². The largest absolute Gasteiger partial charge is 0.419 e. The van der Waals surface area contributed by atoms with Crippen LogP contribution >= 0.6 is 11.6 Å². The summed E-state index contributed by atoms with van der Waals surface area (Å²) in [6.07, 6.45) is -3.61. The fourth-order valence-electron chi connectivity index (χ4n) is 1.59. The molecule has 104 valence electrons. The molecule has 0 amide bonds. The summed E-state index contributed by atoms with van der Waals surface area (Å²) in [7, 11) is 0. The lowest BCUT2D eigenvalue weighted by atomic mass is 10.0. The lowest BCUT2D eigenvalue weighted by Crippen LogP contribution is -2.11. The van der Waals surface area contributed by atoms with Crippen LogP contribution in [0.2, 0.25) is 5.15 Å². The summed E-state index contributed by atoms with van der Waals surface area (Å²) in [5.74, 6) is -2.12.